The predicted octanol–water partition coefficient (Wildman–Crippen LogP) is 4.12. The molecule has 0 bridgehead atoms. The molecule has 5 nitrogen and oxygen atoms in total. The van der Waals surface area contributed by atoms with Crippen LogP contribution in [0.15, 0.2) is 24.4 Å². The number of hydrogen-bond acceptors (Lipinski definition) is 6. The molecule has 0 aliphatic heterocycles. The van der Waals surface area contributed by atoms with Crippen LogP contribution in [0.5, 0.6) is 0 Å². The lowest BCUT2D eigenvalue weighted by Crippen LogP contribution is -2.10. The minimum atomic E-state index is 0.628. The van der Waals surface area contributed by atoms with Crippen LogP contribution in [0.2, 0.25) is 0 Å². The number of hydrogen-bond donors (Lipinski definition) is 1. The van der Waals surface area contributed by atoms with Crippen LogP contribution < -0.4 is 5.32 Å². The number of aromatic nitrogens is 3. The quantitative estimate of drug-likeness (QED) is 0.754. The number of benzene rings is 1. The highest BCUT2D eigenvalue weighted by Crippen LogP contribution is 2.35. The highest BCUT2D eigenvalue weighted by Gasteiger charge is 2.23. The van der Waals surface area contributed by atoms with Crippen molar-refractivity contribution in [1.82, 2.24) is 19.9 Å². The zero-order chi connectivity index (χ0) is 18.3. The van der Waals surface area contributed by atoms with Crippen molar-refractivity contribution < 1.29 is 0 Å². The molecule has 0 unspecified atom stereocenters. The zero-order valence-electron chi connectivity index (χ0n) is 15.6. The van der Waals surface area contributed by atoms with Crippen molar-refractivity contribution in [1.29, 1.82) is 0 Å². The summed E-state index contributed by atoms with van der Waals surface area (Å²) in [5.74, 6) is 0.628. The van der Waals surface area contributed by atoms with Gasteiger partial charge in [0.2, 0.25) is 5.95 Å². The Morgan fingerprint density at radius 3 is 2.54 bits per heavy atom. The second kappa shape index (κ2) is 6.78. The normalized spacial score (nSPS) is 12.8. The van der Waals surface area contributed by atoms with Crippen molar-refractivity contribution in [2.75, 3.05) is 19.4 Å². The van der Waals surface area contributed by atoms with Gasteiger partial charge in [-0.05, 0) is 69.6 Å². The molecule has 2 aromatic heterocycles. The molecular formula is C20H23N5S. The zero-order valence-corrected chi connectivity index (χ0v) is 16.4. The predicted molar refractivity (Wildman–Crippen MR) is 107 cm³/mol. The van der Waals surface area contributed by atoms with Gasteiger partial charge < -0.3 is 10.2 Å². The topological polar surface area (TPSA) is 53.9 Å². The first-order valence-corrected chi connectivity index (χ1v) is 9.64. The lowest BCUT2D eigenvalue weighted by atomic mass is 10.00. The molecule has 0 atom stereocenters. The van der Waals surface area contributed by atoms with Gasteiger partial charge in [0.25, 0.3) is 0 Å². The van der Waals surface area contributed by atoms with Gasteiger partial charge in [0, 0.05) is 23.3 Å². The average molecular weight is 366 g/mol. The number of rotatable bonds is 4. The Balaban J connectivity index is 1.67. The van der Waals surface area contributed by atoms with E-state index in [1.807, 2.05) is 17.5 Å². The summed E-state index contributed by atoms with van der Waals surface area (Å²) >= 11 is 1.81. The molecule has 1 aliphatic rings. The summed E-state index contributed by atoms with van der Waals surface area (Å²) in [7, 11) is 4.14. The van der Waals surface area contributed by atoms with Gasteiger partial charge in [0.1, 0.15) is 10.7 Å². The molecule has 1 aliphatic carbocycles. The van der Waals surface area contributed by atoms with Gasteiger partial charge in [-0.15, -0.1) is 11.3 Å². The SMILES string of the molecule is Cc1cc(C)cc(Nc2ncc3c(n2)-c2nc(CN(C)C)sc2CC3)c1. The molecular weight excluding hydrogens is 342 g/mol. The molecule has 26 heavy (non-hydrogen) atoms. The van der Waals surface area contributed by atoms with E-state index in [-0.39, 0.29) is 0 Å². The fraction of sp³-hybridized carbons (Fsp3) is 0.350. The summed E-state index contributed by atoms with van der Waals surface area (Å²) in [6, 6.07) is 6.38. The molecule has 4 rings (SSSR count). The van der Waals surface area contributed by atoms with E-state index in [4.69, 9.17) is 9.97 Å². The lowest BCUT2D eigenvalue weighted by molar-refractivity contribution is 0.402. The molecule has 3 aromatic rings. The van der Waals surface area contributed by atoms with Crippen LogP contribution in [-0.2, 0) is 19.4 Å². The molecule has 2 heterocycles. The first-order chi connectivity index (χ1) is 12.5. The number of nitrogens with one attached hydrogen (secondary N) is 1. The van der Waals surface area contributed by atoms with E-state index in [1.54, 1.807) is 0 Å². The first kappa shape index (κ1) is 17.1. The van der Waals surface area contributed by atoms with Crippen LogP contribution >= 0.6 is 11.3 Å². The first-order valence-electron chi connectivity index (χ1n) is 8.83. The molecule has 1 aromatic carbocycles. The Morgan fingerprint density at radius 1 is 1.04 bits per heavy atom. The smallest absolute Gasteiger partial charge is 0.227 e. The van der Waals surface area contributed by atoms with Crippen molar-refractivity contribution in [3.05, 3.63) is 51.0 Å². The van der Waals surface area contributed by atoms with E-state index >= 15 is 0 Å². The van der Waals surface area contributed by atoms with Crippen molar-refractivity contribution >= 4 is 23.0 Å². The Kier molecular flexibility index (Phi) is 4.46. The van der Waals surface area contributed by atoms with E-state index in [0.29, 0.717) is 5.95 Å². The molecule has 1 N–H and O–H groups in total. The Morgan fingerprint density at radius 2 is 1.81 bits per heavy atom. The monoisotopic (exact) mass is 365 g/mol. The van der Waals surface area contributed by atoms with Gasteiger partial charge in [0.05, 0.1) is 5.69 Å². The summed E-state index contributed by atoms with van der Waals surface area (Å²) in [6.07, 6.45) is 3.96. The average Bonchev–Trinajstić information content (AvgIpc) is 2.96. The third-order valence-electron chi connectivity index (χ3n) is 4.38. The van der Waals surface area contributed by atoms with E-state index in [9.17, 15) is 0 Å². The van der Waals surface area contributed by atoms with Crippen LogP contribution in [-0.4, -0.2) is 33.9 Å². The highest BCUT2D eigenvalue weighted by atomic mass is 32.1. The van der Waals surface area contributed by atoms with Crippen LogP contribution in [0.1, 0.15) is 26.6 Å². The summed E-state index contributed by atoms with van der Waals surface area (Å²) in [5, 5.41) is 4.50. The fourth-order valence-electron chi connectivity index (χ4n) is 3.37. The van der Waals surface area contributed by atoms with Gasteiger partial charge >= 0.3 is 0 Å². The van der Waals surface area contributed by atoms with Crippen LogP contribution in [0, 0.1) is 13.8 Å². The number of anilines is 2. The summed E-state index contributed by atoms with van der Waals surface area (Å²) < 4.78 is 0. The summed E-state index contributed by atoms with van der Waals surface area (Å²) in [6.45, 7) is 5.06. The maximum absolute atomic E-state index is 4.87. The standard InChI is InChI=1S/C20H23N5S/c1-12-7-13(2)9-15(8-12)22-20-21-10-14-5-6-16-19(18(14)24-20)23-17(26-16)11-25(3)4/h7-10H,5-6,11H2,1-4H3,(H,21,22,24). The number of fused-ring (bicyclic) bond motifs is 3. The van der Waals surface area contributed by atoms with E-state index in [2.05, 4.69) is 61.3 Å². The van der Waals surface area contributed by atoms with Crippen LogP contribution in [0.25, 0.3) is 11.4 Å². The van der Waals surface area contributed by atoms with Gasteiger partial charge in [-0.3, -0.25) is 0 Å². The van der Waals surface area contributed by atoms with Crippen molar-refractivity contribution in [3.8, 4) is 11.4 Å². The molecule has 0 fully saturated rings. The Labute approximate surface area is 158 Å². The molecule has 0 radical (unpaired) electrons. The third kappa shape index (κ3) is 3.48. The van der Waals surface area contributed by atoms with Gasteiger partial charge in [-0.1, -0.05) is 6.07 Å². The molecule has 0 saturated carbocycles. The molecule has 6 heteroatoms. The minimum Gasteiger partial charge on any atom is -0.324 e. The van der Waals surface area contributed by atoms with Crippen molar-refractivity contribution in [2.45, 2.75) is 33.2 Å². The maximum atomic E-state index is 4.87. The molecule has 0 amide bonds. The third-order valence-corrected chi connectivity index (χ3v) is 5.48. The summed E-state index contributed by atoms with van der Waals surface area (Å²) in [4.78, 5) is 17.7. The fourth-order valence-corrected chi connectivity index (χ4v) is 4.56. The molecule has 0 saturated heterocycles. The molecule has 0 spiro atoms. The lowest BCUT2D eigenvalue weighted by Gasteiger charge is -2.15. The van der Waals surface area contributed by atoms with Gasteiger partial charge in [-0.25, -0.2) is 15.0 Å². The maximum Gasteiger partial charge on any atom is 0.227 e. The van der Waals surface area contributed by atoms with Gasteiger partial charge in [0.15, 0.2) is 0 Å². The summed E-state index contributed by atoms with van der Waals surface area (Å²) in [5.41, 5.74) is 6.67. The molecule has 134 valence electrons. The number of aryl methyl sites for hydroxylation is 4. The van der Waals surface area contributed by atoms with Crippen LogP contribution in [0.4, 0.5) is 11.6 Å². The van der Waals surface area contributed by atoms with E-state index < -0.39 is 0 Å². The van der Waals surface area contributed by atoms with E-state index in [0.717, 1.165) is 41.5 Å². The van der Waals surface area contributed by atoms with Crippen molar-refractivity contribution in [3.63, 3.8) is 0 Å². The minimum absolute atomic E-state index is 0.628. The second-order valence-electron chi connectivity index (χ2n) is 7.19. The largest absolute Gasteiger partial charge is 0.324 e. The van der Waals surface area contributed by atoms with E-state index in [1.165, 1.54) is 21.6 Å². The number of thiazole rings is 1. The number of nitrogens with zero attached hydrogens (tertiary/aromatic N) is 4. The van der Waals surface area contributed by atoms with Crippen molar-refractivity contribution in [2.24, 2.45) is 0 Å². The van der Waals surface area contributed by atoms with Gasteiger partial charge in [-0.2, -0.15) is 0 Å². The van der Waals surface area contributed by atoms with Crippen LogP contribution in [0.3, 0.4) is 0 Å². The Hall–Kier alpha value is -2.31. The highest BCUT2D eigenvalue weighted by molar-refractivity contribution is 7.12. The Bertz CT molecular complexity index is 941. The second-order valence-corrected chi connectivity index (χ2v) is 8.35.